The molecule has 1 atom stereocenters. The highest BCUT2D eigenvalue weighted by molar-refractivity contribution is 5.96. The first-order valence-corrected chi connectivity index (χ1v) is 7.02. The number of nitrogens with zero attached hydrogens (tertiary/aromatic N) is 2. The van der Waals surface area contributed by atoms with E-state index in [1.165, 1.54) is 0 Å². The molecule has 3 N–H and O–H groups in total. The lowest BCUT2D eigenvalue weighted by molar-refractivity contribution is 0.0956. The van der Waals surface area contributed by atoms with Crippen LogP contribution in [-0.4, -0.2) is 22.9 Å². The Morgan fingerprint density at radius 1 is 1.27 bits per heavy atom. The van der Waals surface area contributed by atoms with E-state index in [9.17, 15) is 4.79 Å². The summed E-state index contributed by atoms with van der Waals surface area (Å²) in [5.74, 6) is 0.612. The van der Waals surface area contributed by atoms with Crippen molar-refractivity contribution in [2.75, 3.05) is 12.8 Å². The number of para-hydroxylation sites is 1. The molecule has 0 spiro atoms. The van der Waals surface area contributed by atoms with Crippen molar-refractivity contribution in [2.45, 2.75) is 26.9 Å². The number of carbonyl (C=O) groups is 1. The number of aromatic nitrogens is 2. The molecule has 1 aromatic heterocycles. The standard InChI is InChI=1S/C16H20N4O2/c1-9-7-5-6-8-12(9)22-11(3)14-13(15(21)18-4)10(2)19-16(17)20-14/h5-8,11H,1-4H3,(H,18,21)(H2,17,19,20). The molecule has 6 nitrogen and oxygen atoms in total. The van der Waals surface area contributed by atoms with Crippen molar-refractivity contribution in [3.05, 3.63) is 46.8 Å². The number of rotatable bonds is 4. The molecule has 0 radical (unpaired) electrons. The molecule has 0 aliphatic rings. The quantitative estimate of drug-likeness (QED) is 0.903. The highest BCUT2D eigenvalue weighted by Gasteiger charge is 2.23. The van der Waals surface area contributed by atoms with Crippen molar-refractivity contribution >= 4 is 11.9 Å². The van der Waals surface area contributed by atoms with Crippen LogP contribution in [0.2, 0.25) is 0 Å². The number of hydrogen-bond acceptors (Lipinski definition) is 5. The van der Waals surface area contributed by atoms with E-state index in [4.69, 9.17) is 10.5 Å². The average molecular weight is 300 g/mol. The molecule has 22 heavy (non-hydrogen) atoms. The number of ether oxygens (including phenoxy) is 1. The minimum Gasteiger partial charge on any atom is -0.484 e. The summed E-state index contributed by atoms with van der Waals surface area (Å²) in [5.41, 5.74) is 8.14. The van der Waals surface area contributed by atoms with Crippen molar-refractivity contribution in [3.63, 3.8) is 0 Å². The van der Waals surface area contributed by atoms with Gasteiger partial charge < -0.3 is 15.8 Å². The predicted octanol–water partition coefficient (Wildman–Crippen LogP) is 2.18. The summed E-state index contributed by atoms with van der Waals surface area (Å²) in [7, 11) is 1.56. The number of nitrogens with one attached hydrogen (secondary N) is 1. The second-order valence-electron chi connectivity index (χ2n) is 5.03. The predicted molar refractivity (Wildman–Crippen MR) is 84.8 cm³/mol. The Morgan fingerprint density at radius 3 is 2.59 bits per heavy atom. The van der Waals surface area contributed by atoms with Gasteiger partial charge in [-0.15, -0.1) is 0 Å². The summed E-state index contributed by atoms with van der Waals surface area (Å²) in [4.78, 5) is 20.4. The molecular formula is C16H20N4O2. The Bertz CT molecular complexity index is 701. The van der Waals surface area contributed by atoms with Gasteiger partial charge in [-0.3, -0.25) is 4.79 Å². The van der Waals surface area contributed by atoms with E-state index >= 15 is 0 Å². The second-order valence-corrected chi connectivity index (χ2v) is 5.03. The lowest BCUT2D eigenvalue weighted by Crippen LogP contribution is -2.25. The van der Waals surface area contributed by atoms with Crippen molar-refractivity contribution < 1.29 is 9.53 Å². The van der Waals surface area contributed by atoms with Crippen molar-refractivity contribution in [3.8, 4) is 5.75 Å². The van der Waals surface area contributed by atoms with Gasteiger partial charge in [0.2, 0.25) is 5.95 Å². The van der Waals surface area contributed by atoms with Crippen LogP contribution in [-0.2, 0) is 0 Å². The van der Waals surface area contributed by atoms with Crippen LogP contribution in [0.25, 0.3) is 0 Å². The molecule has 0 fully saturated rings. The monoisotopic (exact) mass is 300 g/mol. The SMILES string of the molecule is CNC(=O)c1c(C)nc(N)nc1C(C)Oc1ccccc1C. The molecule has 0 bridgehead atoms. The Morgan fingerprint density at radius 2 is 1.95 bits per heavy atom. The summed E-state index contributed by atoms with van der Waals surface area (Å²) < 4.78 is 5.95. The largest absolute Gasteiger partial charge is 0.484 e. The van der Waals surface area contributed by atoms with Gasteiger partial charge in [-0.2, -0.15) is 0 Å². The van der Waals surface area contributed by atoms with Crippen LogP contribution in [0, 0.1) is 13.8 Å². The number of carbonyl (C=O) groups excluding carboxylic acids is 1. The molecule has 0 aliphatic heterocycles. The molecule has 0 saturated heterocycles. The van der Waals surface area contributed by atoms with Crippen molar-refractivity contribution in [1.82, 2.24) is 15.3 Å². The third-order valence-electron chi connectivity index (χ3n) is 3.37. The van der Waals surface area contributed by atoms with E-state index in [-0.39, 0.29) is 11.9 Å². The van der Waals surface area contributed by atoms with E-state index in [1.807, 2.05) is 38.1 Å². The molecule has 1 heterocycles. The van der Waals surface area contributed by atoms with Gasteiger partial charge in [0.15, 0.2) is 0 Å². The van der Waals surface area contributed by atoms with E-state index in [0.29, 0.717) is 17.0 Å². The molecule has 2 aromatic rings. The topological polar surface area (TPSA) is 90.1 Å². The maximum Gasteiger partial charge on any atom is 0.254 e. The summed E-state index contributed by atoms with van der Waals surface area (Å²) in [5, 5.41) is 2.60. The Hall–Kier alpha value is -2.63. The van der Waals surface area contributed by atoms with Crippen molar-refractivity contribution in [2.24, 2.45) is 0 Å². The van der Waals surface area contributed by atoms with Crippen LogP contribution in [0.15, 0.2) is 24.3 Å². The van der Waals surface area contributed by atoms with E-state index in [0.717, 1.165) is 11.3 Å². The summed E-state index contributed by atoms with van der Waals surface area (Å²) in [6.45, 7) is 5.52. The van der Waals surface area contributed by atoms with Gasteiger partial charge in [0, 0.05) is 7.05 Å². The van der Waals surface area contributed by atoms with Crippen LogP contribution < -0.4 is 15.8 Å². The summed E-state index contributed by atoms with van der Waals surface area (Å²) in [6.07, 6.45) is -0.433. The highest BCUT2D eigenvalue weighted by atomic mass is 16.5. The molecule has 6 heteroatoms. The zero-order valence-corrected chi connectivity index (χ0v) is 13.2. The van der Waals surface area contributed by atoms with Gasteiger partial charge in [0.1, 0.15) is 11.9 Å². The molecule has 0 aliphatic carbocycles. The number of nitrogens with two attached hydrogens (primary N) is 1. The lowest BCUT2D eigenvalue weighted by Gasteiger charge is -2.19. The van der Waals surface area contributed by atoms with Gasteiger partial charge >= 0.3 is 0 Å². The lowest BCUT2D eigenvalue weighted by atomic mass is 10.1. The fraction of sp³-hybridized carbons (Fsp3) is 0.312. The average Bonchev–Trinajstić information content (AvgIpc) is 2.48. The Balaban J connectivity index is 2.42. The first-order valence-electron chi connectivity index (χ1n) is 7.02. The van der Waals surface area contributed by atoms with Crippen LogP contribution in [0.1, 0.15) is 40.3 Å². The van der Waals surface area contributed by atoms with Crippen molar-refractivity contribution in [1.29, 1.82) is 0 Å². The van der Waals surface area contributed by atoms with E-state index in [2.05, 4.69) is 15.3 Å². The second kappa shape index (κ2) is 6.43. The highest BCUT2D eigenvalue weighted by Crippen LogP contribution is 2.26. The minimum absolute atomic E-state index is 0.125. The number of aryl methyl sites for hydroxylation is 2. The van der Waals surface area contributed by atoms with Crippen LogP contribution in [0.5, 0.6) is 5.75 Å². The van der Waals surface area contributed by atoms with Gasteiger partial charge in [0.25, 0.3) is 5.91 Å². The molecule has 0 saturated carbocycles. The molecule has 2 rings (SSSR count). The third-order valence-corrected chi connectivity index (χ3v) is 3.37. The normalized spacial score (nSPS) is 11.8. The molecule has 1 aromatic carbocycles. The van der Waals surface area contributed by atoms with E-state index < -0.39 is 6.10 Å². The van der Waals surface area contributed by atoms with Gasteiger partial charge in [-0.1, -0.05) is 18.2 Å². The maximum atomic E-state index is 12.1. The number of amides is 1. The zero-order valence-electron chi connectivity index (χ0n) is 13.2. The third kappa shape index (κ3) is 3.16. The fourth-order valence-corrected chi connectivity index (χ4v) is 2.25. The van der Waals surface area contributed by atoms with Gasteiger partial charge in [-0.05, 0) is 32.4 Å². The molecular weight excluding hydrogens is 280 g/mol. The zero-order chi connectivity index (χ0) is 16.3. The van der Waals surface area contributed by atoms with Crippen LogP contribution >= 0.6 is 0 Å². The minimum atomic E-state index is -0.433. The molecule has 1 amide bonds. The van der Waals surface area contributed by atoms with Gasteiger partial charge in [-0.25, -0.2) is 9.97 Å². The number of hydrogen-bond donors (Lipinski definition) is 2. The first-order chi connectivity index (χ1) is 10.4. The Labute approximate surface area is 129 Å². The maximum absolute atomic E-state index is 12.1. The first kappa shape index (κ1) is 15.8. The number of anilines is 1. The van der Waals surface area contributed by atoms with Crippen LogP contribution in [0.3, 0.4) is 0 Å². The Kier molecular flexibility index (Phi) is 4.60. The van der Waals surface area contributed by atoms with Gasteiger partial charge in [0.05, 0.1) is 17.0 Å². The summed E-state index contributed by atoms with van der Waals surface area (Å²) >= 11 is 0. The number of nitrogen functional groups attached to an aromatic ring is 1. The molecule has 1 unspecified atom stereocenters. The summed E-state index contributed by atoms with van der Waals surface area (Å²) in [6, 6.07) is 7.67. The fourth-order valence-electron chi connectivity index (χ4n) is 2.25. The van der Waals surface area contributed by atoms with E-state index in [1.54, 1.807) is 14.0 Å². The van der Waals surface area contributed by atoms with Crippen LogP contribution in [0.4, 0.5) is 5.95 Å². The smallest absolute Gasteiger partial charge is 0.254 e. The number of benzene rings is 1. The molecule has 116 valence electrons.